The number of ether oxygens (including phenoxy) is 1. The highest BCUT2D eigenvalue weighted by Gasteiger charge is 2.38. The zero-order valence-corrected chi connectivity index (χ0v) is 9.03. The van der Waals surface area contributed by atoms with Crippen molar-refractivity contribution in [3.8, 4) is 0 Å². The molecule has 0 amide bonds. The van der Waals surface area contributed by atoms with E-state index in [2.05, 4.69) is 16.8 Å². The van der Waals surface area contributed by atoms with E-state index in [1.54, 1.807) is 10.4 Å². The van der Waals surface area contributed by atoms with Gasteiger partial charge in [0, 0.05) is 30.2 Å². The fourth-order valence-electron chi connectivity index (χ4n) is 2.64. The van der Waals surface area contributed by atoms with Gasteiger partial charge in [-0.1, -0.05) is 0 Å². The van der Waals surface area contributed by atoms with Gasteiger partial charge in [0.2, 0.25) is 0 Å². The molecular weight excluding hydrogens is 194 g/mol. The van der Waals surface area contributed by atoms with Gasteiger partial charge in [-0.2, -0.15) is 0 Å². The van der Waals surface area contributed by atoms with Crippen LogP contribution >= 0.6 is 11.3 Å². The van der Waals surface area contributed by atoms with Crippen LogP contribution in [0.2, 0.25) is 0 Å². The molecule has 0 radical (unpaired) electrons. The van der Waals surface area contributed by atoms with Gasteiger partial charge in [0.15, 0.2) is 0 Å². The smallest absolute Gasteiger partial charge is 0.0489 e. The summed E-state index contributed by atoms with van der Waals surface area (Å²) in [5, 5.41) is 5.93. The maximum Gasteiger partial charge on any atom is 0.0489 e. The largest absolute Gasteiger partial charge is 0.381 e. The van der Waals surface area contributed by atoms with Crippen LogP contribution < -0.4 is 5.32 Å². The molecule has 1 aromatic rings. The molecule has 1 spiro atoms. The summed E-state index contributed by atoms with van der Waals surface area (Å²) in [6, 6.07) is 2.30. The lowest BCUT2D eigenvalue weighted by molar-refractivity contribution is 0.0345. The first kappa shape index (κ1) is 8.89. The van der Waals surface area contributed by atoms with Crippen molar-refractivity contribution in [3.63, 3.8) is 0 Å². The third-order valence-electron chi connectivity index (χ3n) is 3.42. The van der Waals surface area contributed by atoms with E-state index >= 15 is 0 Å². The molecule has 1 N–H and O–H groups in total. The Labute approximate surface area is 88.3 Å². The van der Waals surface area contributed by atoms with Gasteiger partial charge in [-0.3, -0.25) is 0 Å². The molecule has 1 fully saturated rings. The van der Waals surface area contributed by atoms with Crippen molar-refractivity contribution < 1.29 is 4.74 Å². The minimum atomic E-state index is 0.256. The van der Waals surface area contributed by atoms with Gasteiger partial charge in [0.05, 0.1) is 0 Å². The van der Waals surface area contributed by atoms with Crippen molar-refractivity contribution in [1.29, 1.82) is 0 Å². The number of hydrogen-bond acceptors (Lipinski definition) is 3. The van der Waals surface area contributed by atoms with E-state index in [4.69, 9.17) is 4.74 Å². The molecule has 0 aliphatic carbocycles. The number of thiophene rings is 1. The van der Waals surface area contributed by atoms with E-state index in [1.807, 2.05) is 11.3 Å². The zero-order valence-electron chi connectivity index (χ0n) is 8.21. The van der Waals surface area contributed by atoms with Crippen molar-refractivity contribution in [2.45, 2.75) is 24.8 Å². The SMILES string of the molecule is c1cc2c(s1)CCNC21CCOCC1. The fraction of sp³-hybridized carbons (Fsp3) is 0.636. The van der Waals surface area contributed by atoms with Gasteiger partial charge in [-0.15, -0.1) is 11.3 Å². The van der Waals surface area contributed by atoms with E-state index in [0.717, 1.165) is 32.6 Å². The Balaban J connectivity index is 2.01. The predicted molar refractivity (Wildman–Crippen MR) is 57.8 cm³/mol. The molecule has 3 heteroatoms. The standard InChI is InChI=1S/C11H15NOS/c1-5-12-11(3-6-13-7-4-11)9-2-8-14-10(1)9/h2,8,12H,1,3-7H2. The van der Waals surface area contributed by atoms with Crippen LogP contribution in [0.25, 0.3) is 0 Å². The van der Waals surface area contributed by atoms with Crippen LogP contribution in [0.5, 0.6) is 0 Å². The van der Waals surface area contributed by atoms with E-state index < -0.39 is 0 Å². The van der Waals surface area contributed by atoms with Crippen LogP contribution in [-0.2, 0) is 16.7 Å². The summed E-state index contributed by atoms with van der Waals surface area (Å²) in [6.45, 7) is 2.94. The predicted octanol–water partition coefficient (Wildman–Crippen LogP) is 1.90. The molecule has 76 valence electrons. The minimum absolute atomic E-state index is 0.256. The zero-order chi connectivity index (χ0) is 9.43. The van der Waals surface area contributed by atoms with Crippen LogP contribution in [0.3, 0.4) is 0 Å². The topological polar surface area (TPSA) is 21.3 Å². The molecule has 1 saturated heterocycles. The first-order valence-corrected chi connectivity index (χ1v) is 6.18. The molecule has 0 saturated carbocycles. The van der Waals surface area contributed by atoms with Crippen molar-refractivity contribution in [1.82, 2.24) is 5.32 Å². The van der Waals surface area contributed by atoms with E-state index in [9.17, 15) is 0 Å². The maximum absolute atomic E-state index is 5.45. The Morgan fingerprint density at radius 1 is 1.36 bits per heavy atom. The lowest BCUT2D eigenvalue weighted by Crippen LogP contribution is -2.50. The summed E-state index contributed by atoms with van der Waals surface area (Å²) < 4.78 is 5.45. The Morgan fingerprint density at radius 2 is 2.21 bits per heavy atom. The van der Waals surface area contributed by atoms with Crippen LogP contribution in [0.1, 0.15) is 23.3 Å². The van der Waals surface area contributed by atoms with Gasteiger partial charge in [0.25, 0.3) is 0 Å². The number of fused-ring (bicyclic) bond motifs is 2. The van der Waals surface area contributed by atoms with Crippen molar-refractivity contribution in [2.24, 2.45) is 0 Å². The normalized spacial score (nSPS) is 24.9. The Morgan fingerprint density at radius 3 is 3.07 bits per heavy atom. The van der Waals surface area contributed by atoms with Crippen LogP contribution in [0.15, 0.2) is 11.4 Å². The van der Waals surface area contributed by atoms with Crippen LogP contribution in [-0.4, -0.2) is 19.8 Å². The molecule has 2 aliphatic heterocycles. The molecule has 1 aromatic heterocycles. The van der Waals surface area contributed by atoms with Gasteiger partial charge in [-0.05, 0) is 36.3 Å². The summed E-state index contributed by atoms with van der Waals surface area (Å²) >= 11 is 1.91. The number of rotatable bonds is 0. The summed E-state index contributed by atoms with van der Waals surface area (Å²) in [4.78, 5) is 1.59. The van der Waals surface area contributed by atoms with Gasteiger partial charge in [0.1, 0.15) is 0 Å². The monoisotopic (exact) mass is 209 g/mol. The molecule has 2 aliphatic rings. The molecule has 3 heterocycles. The van der Waals surface area contributed by atoms with Gasteiger partial charge < -0.3 is 10.1 Å². The second-order valence-electron chi connectivity index (χ2n) is 4.13. The lowest BCUT2D eigenvalue weighted by atomic mass is 9.80. The van der Waals surface area contributed by atoms with Crippen molar-refractivity contribution >= 4 is 11.3 Å². The summed E-state index contributed by atoms with van der Waals surface area (Å²) in [7, 11) is 0. The summed E-state index contributed by atoms with van der Waals surface area (Å²) in [6.07, 6.45) is 3.48. The van der Waals surface area contributed by atoms with Crippen molar-refractivity contribution in [3.05, 3.63) is 21.9 Å². The maximum atomic E-state index is 5.45. The number of nitrogens with one attached hydrogen (secondary N) is 1. The molecule has 0 atom stereocenters. The first-order chi connectivity index (χ1) is 6.91. The summed E-state index contributed by atoms with van der Waals surface area (Å²) in [5.41, 5.74) is 1.81. The second-order valence-corrected chi connectivity index (χ2v) is 5.13. The second kappa shape index (κ2) is 3.33. The quantitative estimate of drug-likeness (QED) is 0.704. The molecule has 0 unspecified atom stereocenters. The Hall–Kier alpha value is -0.380. The average Bonchev–Trinajstić information content (AvgIpc) is 2.69. The third-order valence-corrected chi connectivity index (χ3v) is 4.40. The average molecular weight is 209 g/mol. The third kappa shape index (κ3) is 1.23. The van der Waals surface area contributed by atoms with Gasteiger partial charge in [-0.25, -0.2) is 0 Å². The molecular formula is C11H15NOS. The summed E-state index contributed by atoms with van der Waals surface area (Å²) in [5.74, 6) is 0. The molecule has 0 aromatic carbocycles. The Bertz CT molecular complexity index is 328. The van der Waals surface area contributed by atoms with E-state index in [1.165, 1.54) is 6.42 Å². The van der Waals surface area contributed by atoms with Crippen LogP contribution in [0.4, 0.5) is 0 Å². The molecule has 3 rings (SSSR count). The highest BCUT2D eigenvalue weighted by molar-refractivity contribution is 7.10. The van der Waals surface area contributed by atoms with E-state index in [0.29, 0.717) is 0 Å². The van der Waals surface area contributed by atoms with Gasteiger partial charge >= 0.3 is 0 Å². The molecule has 0 bridgehead atoms. The van der Waals surface area contributed by atoms with Crippen molar-refractivity contribution in [2.75, 3.05) is 19.8 Å². The molecule has 2 nitrogen and oxygen atoms in total. The van der Waals surface area contributed by atoms with E-state index in [-0.39, 0.29) is 5.54 Å². The van der Waals surface area contributed by atoms with Crippen LogP contribution in [0, 0.1) is 0 Å². The number of hydrogen-bond donors (Lipinski definition) is 1. The highest BCUT2D eigenvalue weighted by Crippen LogP contribution is 2.38. The minimum Gasteiger partial charge on any atom is -0.381 e. The Kier molecular flexibility index (Phi) is 2.11. The molecule has 14 heavy (non-hydrogen) atoms. The lowest BCUT2D eigenvalue weighted by Gasteiger charge is -2.41. The first-order valence-electron chi connectivity index (χ1n) is 5.30. The fourth-order valence-corrected chi connectivity index (χ4v) is 3.62. The highest BCUT2D eigenvalue weighted by atomic mass is 32.1.